The van der Waals surface area contributed by atoms with Gasteiger partial charge in [-0.25, -0.2) is 0 Å². The quantitative estimate of drug-likeness (QED) is 0.617. The van der Waals surface area contributed by atoms with Gasteiger partial charge in [0.15, 0.2) is 0 Å². The molecule has 0 aliphatic carbocycles. The van der Waals surface area contributed by atoms with E-state index in [9.17, 15) is 0 Å². The molecule has 1 unspecified atom stereocenters. The predicted octanol–water partition coefficient (Wildman–Crippen LogP) is 3.34. The topological polar surface area (TPSA) is 25.2 Å². The zero-order valence-electron chi connectivity index (χ0n) is 9.51. The van der Waals surface area contributed by atoms with Gasteiger partial charge in [-0.2, -0.15) is 0 Å². The van der Waals surface area contributed by atoms with Crippen LogP contribution in [0.3, 0.4) is 0 Å². The van der Waals surface area contributed by atoms with E-state index in [2.05, 4.69) is 18.3 Å². The van der Waals surface area contributed by atoms with Crippen LogP contribution in [0.1, 0.15) is 30.0 Å². The molecule has 1 N–H and O–H groups in total. The van der Waals surface area contributed by atoms with Crippen molar-refractivity contribution in [2.24, 2.45) is 0 Å². The molecule has 84 valence electrons. The third-order valence-electron chi connectivity index (χ3n) is 2.34. The van der Waals surface area contributed by atoms with E-state index < -0.39 is 0 Å². The Hall–Kier alpha value is -0.730. The molecule has 0 saturated carbocycles. The van der Waals surface area contributed by atoms with E-state index >= 15 is 0 Å². The highest BCUT2D eigenvalue weighted by atomic mass is 35.5. The zero-order valence-corrected chi connectivity index (χ0v) is 10.3. The Morgan fingerprint density at radius 1 is 1.47 bits per heavy atom. The molecule has 0 radical (unpaired) electrons. The fourth-order valence-electron chi connectivity index (χ4n) is 1.58. The average Bonchev–Trinajstić information content (AvgIpc) is 2.52. The van der Waals surface area contributed by atoms with Crippen molar-refractivity contribution in [1.82, 2.24) is 5.32 Å². The molecule has 0 bridgehead atoms. The van der Waals surface area contributed by atoms with Crippen LogP contribution in [0, 0.1) is 13.8 Å². The summed E-state index contributed by atoms with van der Waals surface area (Å²) in [5.41, 5.74) is 1.23. The molecule has 0 fully saturated rings. The third kappa shape index (κ3) is 3.73. The summed E-state index contributed by atoms with van der Waals surface area (Å²) in [5, 5.41) is 3.38. The van der Waals surface area contributed by atoms with E-state index in [1.54, 1.807) is 0 Å². The van der Waals surface area contributed by atoms with Crippen LogP contribution < -0.4 is 5.32 Å². The lowest BCUT2D eigenvalue weighted by molar-refractivity contribution is 0.493. The van der Waals surface area contributed by atoms with Gasteiger partial charge in [0.25, 0.3) is 0 Å². The maximum atomic E-state index is 5.53. The van der Waals surface area contributed by atoms with Crippen LogP contribution in [0.5, 0.6) is 0 Å². The van der Waals surface area contributed by atoms with Gasteiger partial charge in [0.2, 0.25) is 0 Å². The first-order valence-electron chi connectivity index (χ1n) is 5.16. The summed E-state index contributed by atoms with van der Waals surface area (Å²) in [5.74, 6) is 2.53. The second kappa shape index (κ2) is 5.99. The van der Waals surface area contributed by atoms with Gasteiger partial charge in [0.1, 0.15) is 11.5 Å². The fourth-order valence-corrected chi connectivity index (χ4v) is 1.71. The van der Waals surface area contributed by atoms with E-state index in [0.717, 1.165) is 18.1 Å². The maximum absolute atomic E-state index is 5.53. The van der Waals surface area contributed by atoms with Crippen LogP contribution in [0.4, 0.5) is 0 Å². The summed E-state index contributed by atoms with van der Waals surface area (Å²) in [6.07, 6.45) is 3.97. The molecule has 1 aromatic rings. The number of allylic oxidation sites excluding steroid dienone is 1. The predicted molar refractivity (Wildman–Crippen MR) is 64.5 cm³/mol. The smallest absolute Gasteiger partial charge is 0.105 e. The second-order valence-electron chi connectivity index (χ2n) is 3.62. The Balaban J connectivity index is 2.50. The van der Waals surface area contributed by atoms with Crippen LogP contribution in [-0.2, 0) is 0 Å². The van der Waals surface area contributed by atoms with Gasteiger partial charge < -0.3 is 9.73 Å². The van der Waals surface area contributed by atoms with Crippen LogP contribution in [0.2, 0.25) is 0 Å². The molecule has 1 heterocycles. The van der Waals surface area contributed by atoms with Gasteiger partial charge in [-0.05, 0) is 26.8 Å². The van der Waals surface area contributed by atoms with Crippen LogP contribution in [0.15, 0.2) is 22.6 Å². The van der Waals surface area contributed by atoms with Gasteiger partial charge in [-0.15, -0.1) is 11.6 Å². The first kappa shape index (κ1) is 12.3. The van der Waals surface area contributed by atoms with Crippen molar-refractivity contribution in [3.63, 3.8) is 0 Å². The highest BCUT2D eigenvalue weighted by molar-refractivity contribution is 6.18. The molecule has 1 atom stereocenters. The zero-order chi connectivity index (χ0) is 11.3. The number of hydrogen-bond donors (Lipinski definition) is 1. The maximum Gasteiger partial charge on any atom is 0.105 e. The number of nitrogens with one attached hydrogen (secondary N) is 1. The van der Waals surface area contributed by atoms with Crippen molar-refractivity contribution in [3.05, 3.63) is 35.3 Å². The summed E-state index contributed by atoms with van der Waals surface area (Å²) in [6, 6.07) is 2.39. The van der Waals surface area contributed by atoms with Gasteiger partial charge >= 0.3 is 0 Å². The number of aryl methyl sites for hydroxylation is 2. The van der Waals surface area contributed by atoms with E-state index in [-0.39, 0.29) is 0 Å². The Morgan fingerprint density at radius 3 is 2.73 bits per heavy atom. The summed E-state index contributed by atoms with van der Waals surface area (Å²) in [7, 11) is 0. The molecule has 1 rings (SSSR count). The Morgan fingerprint density at radius 2 is 2.20 bits per heavy atom. The molecular weight excluding hydrogens is 210 g/mol. The molecule has 15 heavy (non-hydrogen) atoms. The van der Waals surface area contributed by atoms with Crippen molar-refractivity contribution in [2.45, 2.75) is 26.8 Å². The Kier molecular flexibility index (Phi) is 4.92. The van der Waals surface area contributed by atoms with Crippen LogP contribution in [0.25, 0.3) is 0 Å². The molecule has 0 aliphatic heterocycles. The van der Waals surface area contributed by atoms with Gasteiger partial charge in [-0.3, -0.25) is 0 Å². The summed E-state index contributed by atoms with van der Waals surface area (Å²) < 4.78 is 5.48. The minimum atomic E-state index is 0.308. The highest BCUT2D eigenvalue weighted by Crippen LogP contribution is 2.20. The SMILES string of the molecule is Cc1cc(C(C)NC/C=C/CCl)c(C)o1. The minimum Gasteiger partial charge on any atom is -0.466 e. The highest BCUT2D eigenvalue weighted by Gasteiger charge is 2.10. The monoisotopic (exact) mass is 227 g/mol. The first-order valence-corrected chi connectivity index (χ1v) is 5.70. The van der Waals surface area contributed by atoms with E-state index in [1.807, 2.05) is 26.0 Å². The third-order valence-corrected chi connectivity index (χ3v) is 2.52. The lowest BCUT2D eigenvalue weighted by atomic mass is 10.1. The molecule has 3 heteroatoms. The van der Waals surface area contributed by atoms with Gasteiger partial charge in [0, 0.05) is 24.0 Å². The van der Waals surface area contributed by atoms with Crippen molar-refractivity contribution < 1.29 is 4.42 Å². The molecule has 0 spiro atoms. The molecule has 0 aromatic carbocycles. The molecule has 0 amide bonds. The number of rotatable bonds is 5. The lowest BCUT2D eigenvalue weighted by Gasteiger charge is -2.10. The lowest BCUT2D eigenvalue weighted by Crippen LogP contribution is -2.18. The summed E-state index contributed by atoms with van der Waals surface area (Å²) in [6.45, 7) is 6.93. The molecule has 1 aromatic heterocycles. The normalized spacial score (nSPS) is 13.6. The van der Waals surface area contributed by atoms with Crippen molar-refractivity contribution in [1.29, 1.82) is 0 Å². The number of hydrogen-bond acceptors (Lipinski definition) is 2. The fraction of sp³-hybridized carbons (Fsp3) is 0.500. The minimum absolute atomic E-state index is 0.308. The standard InChI is InChI=1S/C12H18ClNO/c1-9-8-12(11(3)15-9)10(2)14-7-5-4-6-13/h4-5,8,10,14H,6-7H2,1-3H3/b5-4+. The largest absolute Gasteiger partial charge is 0.466 e. The molecule has 2 nitrogen and oxygen atoms in total. The molecule has 0 saturated heterocycles. The van der Waals surface area contributed by atoms with Crippen molar-refractivity contribution in [2.75, 3.05) is 12.4 Å². The Labute approximate surface area is 96.3 Å². The van der Waals surface area contributed by atoms with Crippen molar-refractivity contribution in [3.8, 4) is 0 Å². The van der Waals surface area contributed by atoms with Crippen LogP contribution in [-0.4, -0.2) is 12.4 Å². The number of halogens is 1. The van der Waals surface area contributed by atoms with Gasteiger partial charge in [0.05, 0.1) is 0 Å². The van der Waals surface area contributed by atoms with Crippen molar-refractivity contribution >= 4 is 11.6 Å². The molecule has 0 aliphatic rings. The summed E-state index contributed by atoms with van der Waals surface area (Å²) >= 11 is 5.53. The van der Waals surface area contributed by atoms with E-state index in [0.29, 0.717) is 11.9 Å². The number of alkyl halides is 1. The summed E-state index contributed by atoms with van der Waals surface area (Å²) in [4.78, 5) is 0. The van der Waals surface area contributed by atoms with Gasteiger partial charge in [-0.1, -0.05) is 12.2 Å². The Bertz CT molecular complexity index is 330. The average molecular weight is 228 g/mol. The van der Waals surface area contributed by atoms with Crippen LogP contribution >= 0.6 is 11.6 Å². The van der Waals surface area contributed by atoms with E-state index in [1.165, 1.54) is 5.56 Å². The van der Waals surface area contributed by atoms with E-state index in [4.69, 9.17) is 16.0 Å². The number of furan rings is 1. The molecular formula is C12H18ClNO. The first-order chi connectivity index (χ1) is 7.15. The second-order valence-corrected chi connectivity index (χ2v) is 3.93.